The molecule has 0 aliphatic heterocycles. The molecule has 1 N–H and O–H groups in total. The largest absolute Gasteiger partial charge is 0.475 e. The first-order valence-electron chi connectivity index (χ1n) is 8.59. The summed E-state index contributed by atoms with van der Waals surface area (Å²) in [5.74, 6) is -1.35. The van der Waals surface area contributed by atoms with Gasteiger partial charge in [0, 0.05) is 11.8 Å². The Bertz CT molecular complexity index is 873. The Morgan fingerprint density at radius 2 is 1.68 bits per heavy atom. The Kier molecular flexibility index (Phi) is 6.70. The zero-order valence-corrected chi connectivity index (χ0v) is 15.9. The minimum absolute atomic E-state index is 0.0481. The van der Waals surface area contributed by atoms with Gasteiger partial charge < -0.3 is 14.8 Å². The third-order valence-electron chi connectivity index (χ3n) is 3.78. The van der Waals surface area contributed by atoms with Crippen LogP contribution in [0.3, 0.4) is 0 Å². The molecule has 28 heavy (non-hydrogen) atoms. The number of anilines is 1. The van der Waals surface area contributed by atoms with Crippen LogP contribution in [-0.4, -0.2) is 30.0 Å². The van der Waals surface area contributed by atoms with Gasteiger partial charge in [0.2, 0.25) is 0 Å². The smallest absolute Gasteiger partial charge is 0.344 e. The monoisotopic (exact) mass is 386 g/mol. The minimum Gasteiger partial charge on any atom is -0.475 e. The Morgan fingerprint density at radius 1 is 1.04 bits per heavy atom. The molecule has 2 rings (SSSR count). The summed E-state index contributed by atoms with van der Waals surface area (Å²) in [5, 5.41) is 13.6. The number of nitrogens with one attached hydrogen (secondary N) is 1. The fourth-order valence-corrected chi connectivity index (χ4v) is 2.49. The van der Waals surface area contributed by atoms with E-state index in [1.807, 2.05) is 32.9 Å². The first-order chi connectivity index (χ1) is 13.2. The van der Waals surface area contributed by atoms with Crippen LogP contribution >= 0.6 is 0 Å². The second kappa shape index (κ2) is 8.98. The molecule has 1 amide bonds. The van der Waals surface area contributed by atoms with Gasteiger partial charge in [0.25, 0.3) is 5.91 Å². The van der Waals surface area contributed by atoms with E-state index < -0.39 is 30.0 Å². The maximum atomic E-state index is 12.1. The molecule has 2 aromatic rings. The zero-order chi connectivity index (χ0) is 20.7. The third kappa shape index (κ3) is 5.80. The lowest BCUT2D eigenvalue weighted by molar-refractivity contribution is -0.385. The molecule has 0 fully saturated rings. The summed E-state index contributed by atoms with van der Waals surface area (Å²) in [6.07, 6.45) is 0. The number of benzene rings is 2. The Balaban J connectivity index is 1.87. The van der Waals surface area contributed by atoms with E-state index in [4.69, 9.17) is 9.47 Å². The highest BCUT2D eigenvalue weighted by Crippen LogP contribution is 2.29. The molecule has 0 atom stereocenters. The van der Waals surface area contributed by atoms with Crippen LogP contribution in [0.2, 0.25) is 0 Å². The van der Waals surface area contributed by atoms with Crippen LogP contribution in [0, 0.1) is 10.1 Å². The summed E-state index contributed by atoms with van der Waals surface area (Å²) < 4.78 is 10.0. The van der Waals surface area contributed by atoms with Crippen molar-refractivity contribution in [2.75, 3.05) is 18.5 Å². The number of carbonyl (C=O) groups excluding carboxylic acids is 2. The van der Waals surface area contributed by atoms with E-state index in [-0.39, 0.29) is 16.9 Å². The maximum Gasteiger partial charge on any atom is 0.344 e. The van der Waals surface area contributed by atoms with Gasteiger partial charge in [0.15, 0.2) is 19.0 Å². The van der Waals surface area contributed by atoms with Gasteiger partial charge >= 0.3 is 11.7 Å². The Labute approximate surface area is 162 Å². The van der Waals surface area contributed by atoms with E-state index in [0.717, 1.165) is 5.56 Å². The van der Waals surface area contributed by atoms with Crippen LogP contribution in [0.4, 0.5) is 11.4 Å². The van der Waals surface area contributed by atoms with Crippen molar-refractivity contribution >= 4 is 23.3 Å². The molecule has 8 heteroatoms. The molecule has 0 radical (unpaired) electrons. The number of carbonyl (C=O) groups is 2. The van der Waals surface area contributed by atoms with Gasteiger partial charge in [-0.25, -0.2) is 4.79 Å². The van der Waals surface area contributed by atoms with Crippen LogP contribution in [-0.2, 0) is 19.7 Å². The maximum absolute atomic E-state index is 12.1. The molecular formula is C20H22N2O6. The first-order valence-corrected chi connectivity index (χ1v) is 8.59. The van der Waals surface area contributed by atoms with E-state index in [9.17, 15) is 19.7 Å². The van der Waals surface area contributed by atoms with Crippen molar-refractivity contribution in [3.05, 3.63) is 64.2 Å². The number of amides is 1. The highest BCUT2D eigenvalue weighted by molar-refractivity contribution is 5.93. The average molecular weight is 386 g/mol. The summed E-state index contributed by atoms with van der Waals surface area (Å²) in [5.41, 5.74) is 1.17. The summed E-state index contributed by atoms with van der Waals surface area (Å²) in [7, 11) is 0. The van der Waals surface area contributed by atoms with Crippen LogP contribution in [0.15, 0.2) is 48.5 Å². The van der Waals surface area contributed by atoms with Crippen LogP contribution < -0.4 is 10.1 Å². The summed E-state index contributed by atoms with van der Waals surface area (Å²) in [6.45, 7) is 5.04. The summed E-state index contributed by atoms with van der Waals surface area (Å²) >= 11 is 0. The highest BCUT2D eigenvalue weighted by Gasteiger charge is 2.19. The number of nitro groups is 1. The van der Waals surface area contributed by atoms with Crippen LogP contribution in [0.1, 0.15) is 26.3 Å². The van der Waals surface area contributed by atoms with Crippen molar-refractivity contribution in [3.8, 4) is 5.75 Å². The molecule has 0 aliphatic carbocycles. The Hall–Kier alpha value is -3.42. The lowest BCUT2D eigenvalue weighted by Crippen LogP contribution is -2.25. The van der Waals surface area contributed by atoms with E-state index in [2.05, 4.69) is 5.32 Å². The van der Waals surface area contributed by atoms with Gasteiger partial charge in [-0.05, 0) is 23.1 Å². The van der Waals surface area contributed by atoms with Crippen molar-refractivity contribution in [1.29, 1.82) is 0 Å². The first kappa shape index (κ1) is 20.9. The molecule has 8 nitrogen and oxygen atoms in total. The molecule has 0 aliphatic rings. The molecule has 0 spiro atoms. The Morgan fingerprint density at radius 3 is 2.36 bits per heavy atom. The number of hydrogen-bond acceptors (Lipinski definition) is 6. The fourth-order valence-electron chi connectivity index (χ4n) is 2.49. The molecule has 0 unspecified atom stereocenters. The van der Waals surface area contributed by atoms with E-state index >= 15 is 0 Å². The average Bonchev–Trinajstić information content (AvgIpc) is 2.64. The molecule has 148 valence electrons. The van der Waals surface area contributed by atoms with Gasteiger partial charge in [-0.15, -0.1) is 0 Å². The number of esters is 1. The standard InChI is InChI=1S/C20H22N2O6/c1-20(2,3)14-8-4-5-9-15(14)21-18(23)12-28-19(24)13-27-17-11-7-6-10-16(17)22(25)26/h4-11H,12-13H2,1-3H3,(H,21,23). The molecular weight excluding hydrogens is 364 g/mol. The normalized spacial score (nSPS) is 10.8. The zero-order valence-electron chi connectivity index (χ0n) is 15.9. The molecule has 0 saturated carbocycles. The minimum atomic E-state index is -0.808. The van der Waals surface area contributed by atoms with Gasteiger partial charge in [0.1, 0.15) is 0 Å². The number of nitrogens with zero attached hydrogens (tertiary/aromatic N) is 1. The number of para-hydroxylation sites is 3. The molecule has 0 heterocycles. The number of hydrogen-bond donors (Lipinski definition) is 1. The van der Waals surface area contributed by atoms with Crippen LogP contribution in [0.5, 0.6) is 5.75 Å². The molecule has 0 saturated heterocycles. The van der Waals surface area contributed by atoms with E-state index in [1.54, 1.807) is 18.2 Å². The number of rotatable bonds is 7. The van der Waals surface area contributed by atoms with Crippen molar-refractivity contribution in [2.24, 2.45) is 0 Å². The van der Waals surface area contributed by atoms with Gasteiger partial charge in [-0.1, -0.05) is 51.1 Å². The van der Waals surface area contributed by atoms with E-state index in [1.165, 1.54) is 18.2 Å². The lowest BCUT2D eigenvalue weighted by Gasteiger charge is -2.22. The summed E-state index contributed by atoms with van der Waals surface area (Å²) in [6, 6.07) is 13.1. The lowest BCUT2D eigenvalue weighted by atomic mass is 9.86. The second-order valence-corrected chi connectivity index (χ2v) is 7.02. The van der Waals surface area contributed by atoms with Gasteiger partial charge in [-0.3, -0.25) is 14.9 Å². The van der Waals surface area contributed by atoms with Crippen molar-refractivity contribution in [1.82, 2.24) is 0 Å². The molecule has 0 aromatic heterocycles. The van der Waals surface area contributed by atoms with Gasteiger partial charge in [0.05, 0.1) is 4.92 Å². The quantitative estimate of drug-likeness (QED) is 0.444. The van der Waals surface area contributed by atoms with Crippen molar-refractivity contribution < 1.29 is 24.0 Å². The predicted octanol–water partition coefficient (Wildman–Crippen LogP) is 3.45. The predicted molar refractivity (Wildman–Crippen MR) is 103 cm³/mol. The van der Waals surface area contributed by atoms with Crippen LogP contribution in [0.25, 0.3) is 0 Å². The van der Waals surface area contributed by atoms with E-state index in [0.29, 0.717) is 5.69 Å². The fraction of sp³-hybridized carbons (Fsp3) is 0.300. The topological polar surface area (TPSA) is 108 Å². The number of nitro benzene ring substituents is 1. The third-order valence-corrected chi connectivity index (χ3v) is 3.78. The van der Waals surface area contributed by atoms with Crippen molar-refractivity contribution in [2.45, 2.75) is 26.2 Å². The van der Waals surface area contributed by atoms with Crippen molar-refractivity contribution in [3.63, 3.8) is 0 Å². The van der Waals surface area contributed by atoms with Gasteiger partial charge in [-0.2, -0.15) is 0 Å². The molecule has 2 aromatic carbocycles. The summed E-state index contributed by atoms with van der Waals surface area (Å²) in [4.78, 5) is 34.2. The number of ether oxygens (including phenoxy) is 2. The highest BCUT2D eigenvalue weighted by atomic mass is 16.6. The second-order valence-electron chi connectivity index (χ2n) is 7.02. The molecule has 0 bridgehead atoms. The SMILES string of the molecule is CC(C)(C)c1ccccc1NC(=O)COC(=O)COc1ccccc1[N+](=O)[O-].